The fourth-order valence-corrected chi connectivity index (χ4v) is 2.65. The zero-order valence-corrected chi connectivity index (χ0v) is 14.5. The summed E-state index contributed by atoms with van der Waals surface area (Å²) in [6.45, 7) is 2.49. The predicted molar refractivity (Wildman–Crippen MR) is 97.1 cm³/mol. The average molecular weight is 372 g/mol. The number of nitrogens with zero attached hydrogens (tertiary/aromatic N) is 3. The molecule has 0 aliphatic rings. The van der Waals surface area contributed by atoms with Gasteiger partial charge in [-0.1, -0.05) is 11.6 Å². The van der Waals surface area contributed by atoms with Crippen LogP contribution in [0.15, 0.2) is 53.1 Å². The highest BCUT2D eigenvalue weighted by Crippen LogP contribution is 2.32. The molecule has 2 aromatic heterocycles. The number of hydrogen-bond donors (Lipinski definition) is 0. The van der Waals surface area contributed by atoms with Crippen LogP contribution in [0.3, 0.4) is 0 Å². The monoisotopic (exact) mass is 371 g/mol. The van der Waals surface area contributed by atoms with Gasteiger partial charge in [-0.2, -0.15) is 5.10 Å². The van der Waals surface area contributed by atoms with Crippen molar-refractivity contribution in [2.45, 2.75) is 13.5 Å². The van der Waals surface area contributed by atoms with E-state index in [-0.39, 0.29) is 11.5 Å². The highest BCUT2D eigenvalue weighted by molar-refractivity contribution is 6.33. The van der Waals surface area contributed by atoms with Gasteiger partial charge in [-0.05, 0) is 43.3 Å². The second kappa shape index (κ2) is 7.37. The van der Waals surface area contributed by atoms with E-state index in [2.05, 4.69) is 5.10 Å². The lowest BCUT2D eigenvalue weighted by atomic mass is 10.1. The third-order valence-corrected chi connectivity index (χ3v) is 4.05. The van der Waals surface area contributed by atoms with Crippen molar-refractivity contribution in [2.24, 2.45) is 0 Å². The molecule has 3 rings (SSSR count). The van der Waals surface area contributed by atoms with Gasteiger partial charge >= 0.3 is 0 Å². The van der Waals surface area contributed by atoms with Gasteiger partial charge in [-0.3, -0.25) is 19.6 Å². The van der Waals surface area contributed by atoms with Crippen LogP contribution in [-0.2, 0) is 6.54 Å². The van der Waals surface area contributed by atoms with Crippen LogP contribution in [0.2, 0.25) is 5.02 Å². The fourth-order valence-electron chi connectivity index (χ4n) is 2.44. The molecule has 0 unspecified atom stereocenters. The lowest BCUT2D eigenvalue weighted by Gasteiger charge is -2.01. The molecule has 2 heterocycles. The number of nitro groups is 1. The Hall–Kier alpha value is -3.19. The van der Waals surface area contributed by atoms with Crippen molar-refractivity contribution in [1.82, 2.24) is 9.78 Å². The highest BCUT2D eigenvalue weighted by Gasteiger charge is 2.14. The lowest BCUT2D eigenvalue weighted by Crippen LogP contribution is -2.07. The molecule has 0 radical (unpaired) electrons. The van der Waals surface area contributed by atoms with E-state index in [9.17, 15) is 14.9 Å². The van der Waals surface area contributed by atoms with Crippen LogP contribution in [0.4, 0.5) is 5.69 Å². The number of ketones is 1. The second-order valence-corrected chi connectivity index (χ2v) is 5.76. The molecule has 7 nitrogen and oxygen atoms in total. The maximum Gasteiger partial charge on any atom is 0.270 e. The molecule has 0 spiro atoms. The van der Waals surface area contributed by atoms with Crippen LogP contribution in [0.5, 0.6) is 0 Å². The summed E-state index contributed by atoms with van der Waals surface area (Å²) in [5.74, 6) is 0.610. The molecule has 0 saturated carbocycles. The second-order valence-electron chi connectivity index (χ2n) is 5.35. The van der Waals surface area contributed by atoms with Crippen LogP contribution >= 0.6 is 11.6 Å². The number of nitro benzene ring substituents is 1. The molecular weight excluding hydrogens is 358 g/mol. The number of benzene rings is 1. The number of hydrogen-bond acceptors (Lipinski definition) is 5. The van der Waals surface area contributed by atoms with Crippen LogP contribution in [0.1, 0.15) is 23.2 Å². The smallest absolute Gasteiger partial charge is 0.270 e. The van der Waals surface area contributed by atoms with Gasteiger partial charge in [0, 0.05) is 30.4 Å². The van der Waals surface area contributed by atoms with E-state index in [0.717, 1.165) is 0 Å². The average Bonchev–Trinajstić information content (AvgIpc) is 3.29. The molecule has 0 aliphatic carbocycles. The maximum atomic E-state index is 12.2. The van der Waals surface area contributed by atoms with Crippen LogP contribution < -0.4 is 0 Å². The molecule has 0 amide bonds. The summed E-state index contributed by atoms with van der Waals surface area (Å²) in [5.41, 5.74) is 0.814. The summed E-state index contributed by atoms with van der Waals surface area (Å²) >= 11 is 6.11. The molecular formula is C18H14ClN3O4. The molecule has 26 heavy (non-hydrogen) atoms. The summed E-state index contributed by atoms with van der Waals surface area (Å²) in [4.78, 5) is 22.6. The number of aromatic nitrogens is 2. The van der Waals surface area contributed by atoms with Crippen LogP contribution in [0.25, 0.3) is 17.4 Å². The first kappa shape index (κ1) is 17.6. The number of furan rings is 1. The molecule has 0 bridgehead atoms. The first-order valence-corrected chi connectivity index (χ1v) is 8.15. The summed E-state index contributed by atoms with van der Waals surface area (Å²) < 4.78 is 7.24. The van der Waals surface area contributed by atoms with Gasteiger partial charge in [-0.25, -0.2) is 0 Å². The van der Waals surface area contributed by atoms with Gasteiger partial charge in [0.25, 0.3) is 5.69 Å². The van der Waals surface area contributed by atoms with E-state index in [1.807, 2.05) is 6.92 Å². The van der Waals surface area contributed by atoms with Gasteiger partial charge in [0.1, 0.15) is 17.2 Å². The van der Waals surface area contributed by atoms with E-state index < -0.39 is 4.92 Å². The molecule has 3 aromatic rings. The molecule has 8 heteroatoms. The summed E-state index contributed by atoms with van der Waals surface area (Å²) in [6.07, 6.45) is 4.49. The summed E-state index contributed by atoms with van der Waals surface area (Å²) in [5, 5.41) is 15.3. The first-order valence-electron chi connectivity index (χ1n) is 7.78. The van der Waals surface area contributed by atoms with Crippen molar-refractivity contribution in [2.75, 3.05) is 0 Å². The van der Waals surface area contributed by atoms with Gasteiger partial charge in [0.15, 0.2) is 0 Å². The minimum atomic E-state index is -0.501. The van der Waals surface area contributed by atoms with Gasteiger partial charge in [0.2, 0.25) is 5.78 Å². The Balaban J connectivity index is 1.83. The SMILES string of the molecule is CCn1nccc1C(=O)/C=C/c1ccc(-c2cc([N+](=O)[O-])ccc2Cl)o1. The molecule has 0 atom stereocenters. The Morgan fingerprint density at radius 1 is 1.35 bits per heavy atom. The number of halogens is 1. The third-order valence-electron chi connectivity index (χ3n) is 3.72. The van der Waals surface area contributed by atoms with Crippen molar-refractivity contribution < 1.29 is 14.1 Å². The summed E-state index contributed by atoms with van der Waals surface area (Å²) in [7, 11) is 0. The Labute approximate surface area is 153 Å². The van der Waals surface area contributed by atoms with Crippen molar-refractivity contribution in [3.63, 3.8) is 0 Å². The number of carbonyl (C=O) groups excluding carboxylic acids is 1. The van der Waals surface area contributed by atoms with Crippen molar-refractivity contribution in [1.29, 1.82) is 0 Å². The Bertz CT molecular complexity index is 1000. The standard InChI is InChI=1S/C18H14ClN3O4/c1-2-21-16(9-10-20-21)17(23)7-4-13-5-8-18(26-13)14-11-12(22(24)25)3-6-15(14)19/h3-11H,2H2,1H3/b7-4+. The molecule has 1 aromatic carbocycles. The zero-order chi connectivity index (χ0) is 18.7. The van der Waals surface area contributed by atoms with E-state index in [1.54, 1.807) is 29.1 Å². The number of aryl methyl sites for hydroxylation is 1. The largest absolute Gasteiger partial charge is 0.457 e. The Kier molecular flexibility index (Phi) is 4.99. The topological polar surface area (TPSA) is 91.2 Å². The number of allylic oxidation sites excluding steroid dienone is 1. The molecule has 132 valence electrons. The molecule has 0 N–H and O–H groups in total. The van der Waals surface area contributed by atoms with Gasteiger partial charge in [0.05, 0.1) is 9.95 Å². The van der Waals surface area contributed by atoms with E-state index in [4.69, 9.17) is 16.0 Å². The van der Waals surface area contributed by atoms with Gasteiger partial charge < -0.3 is 4.42 Å². The molecule has 0 fully saturated rings. The number of rotatable bonds is 6. The number of carbonyl (C=O) groups is 1. The Morgan fingerprint density at radius 3 is 2.88 bits per heavy atom. The number of non-ortho nitro benzene ring substituents is 1. The third kappa shape index (κ3) is 3.57. The Morgan fingerprint density at radius 2 is 2.15 bits per heavy atom. The van der Waals surface area contributed by atoms with E-state index in [1.165, 1.54) is 30.4 Å². The zero-order valence-electron chi connectivity index (χ0n) is 13.8. The summed E-state index contributed by atoms with van der Waals surface area (Å²) in [6, 6.07) is 9.07. The van der Waals surface area contributed by atoms with Crippen molar-refractivity contribution in [3.05, 3.63) is 75.3 Å². The first-order chi connectivity index (χ1) is 12.5. The minimum absolute atomic E-state index is 0.0825. The molecule has 0 saturated heterocycles. The lowest BCUT2D eigenvalue weighted by molar-refractivity contribution is -0.384. The molecule has 0 aliphatic heterocycles. The fraction of sp³-hybridized carbons (Fsp3) is 0.111. The van der Waals surface area contributed by atoms with E-state index >= 15 is 0 Å². The predicted octanol–water partition coefficient (Wildman–Crippen LogP) is 4.62. The van der Waals surface area contributed by atoms with Crippen LogP contribution in [-0.4, -0.2) is 20.5 Å². The van der Waals surface area contributed by atoms with Gasteiger partial charge in [-0.15, -0.1) is 0 Å². The maximum absolute atomic E-state index is 12.2. The van der Waals surface area contributed by atoms with E-state index in [0.29, 0.717) is 34.3 Å². The highest BCUT2D eigenvalue weighted by atomic mass is 35.5. The van der Waals surface area contributed by atoms with Crippen molar-refractivity contribution >= 4 is 29.1 Å². The quantitative estimate of drug-likeness (QED) is 0.273. The normalized spacial score (nSPS) is 11.2. The van der Waals surface area contributed by atoms with Crippen LogP contribution in [0, 0.1) is 10.1 Å². The minimum Gasteiger partial charge on any atom is -0.457 e. The van der Waals surface area contributed by atoms with Crippen molar-refractivity contribution in [3.8, 4) is 11.3 Å².